The third kappa shape index (κ3) is 3.22. The summed E-state index contributed by atoms with van der Waals surface area (Å²) in [6.07, 6.45) is 3.67. The van der Waals surface area contributed by atoms with E-state index in [0.717, 1.165) is 36.6 Å². The highest BCUT2D eigenvalue weighted by molar-refractivity contribution is 5.78. The molecule has 2 atom stereocenters. The third-order valence-corrected chi connectivity index (χ3v) is 4.03. The first kappa shape index (κ1) is 14.8. The molecular formula is C16H21N3O3. The summed E-state index contributed by atoms with van der Waals surface area (Å²) in [5, 5.41) is 6.91. The van der Waals surface area contributed by atoms with Crippen molar-refractivity contribution in [3.63, 3.8) is 0 Å². The van der Waals surface area contributed by atoms with Gasteiger partial charge in [-0.25, -0.2) is 0 Å². The van der Waals surface area contributed by atoms with Gasteiger partial charge in [-0.15, -0.1) is 0 Å². The molecule has 0 radical (unpaired) electrons. The van der Waals surface area contributed by atoms with Gasteiger partial charge in [-0.05, 0) is 45.4 Å². The molecule has 0 unspecified atom stereocenters. The van der Waals surface area contributed by atoms with Gasteiger partial charge in [0.25, 0.3) is 0 Å². The van der Waals surface area contributed by atoms with Crippen LogP contribution in [0.4, 0.5) is 0 Å². The molecule has 0 spiro atoms. The van der Waals surface area contributed by atoms with Gasteiger partial charge < -0.3 is 14.3 Å². The highest BCUT2D eigenvalue weighted by Crippen LogP contribution is 2.31. The molecule has 0 saturated carbocycles. The Kier molecular flexibility index (Phi) is 4.29. The fraction of sp³-hybridized carbons (Fsp3) is 0.500. The summed E-state index contributed by atoms with van der Waals surface area (Å²) in [5.74, 6) is 1.60. The summed E-state index contributed by atoms with van der Waals surface area (Å²) in [7, 11) is 0. The molecule has 1 fully saturated rings. The lowest BCUT2D eigenvalue weighted by molar-refractivity contribution is -0.123. The van der Waals surface area contributed by atoms with Crippen LogP contribution in [0.25, 0.3) is 0 Å². The van der Waals surface area contributed by atoms with Crippen LogP contribution in [-0.2, 0) is 4.79 Å². The molecule has 6 heteroatoms. The van der Waals surface area contributed by atoms with E-state index in [2.05, 4.69) is 15.4 Å². The van der Waals surface area contributed by atoms with Crippen LogP contribution in [-0.4, -0.2) is 29.1 Å². The number of carbonyl (C=O) groups is 1. The Morgan fingerprint density at radius 1 is 1.59 bits per heavy atom. The highest BCUT2D eigenvalue weighted by atomic mass is 16.5. The maximum Gasteiger partial charge on any atom is 0.234 e. The van der Waals surface area contributed by atoms with E-state index >= 15 is 0 Å². The SMILES string of the molecule is Cc1cc([C@H]2CCCN2CC(=O)N[C@H](C)c2ccco2)on1. The summed E-state index contributed by atoms with van der Waals surface area (Å²) >= 11 is 0. The van der Waals surface area contributed by atoms with Gasteiger partial charge in [0.15, 0.2) is 5.76 Å². The van der Waals surface area contributed by atoms with Gasteiger partial charge in [-0.1, -0.05) is 5.16 Å². The highest BCUT2D eigenvalue weighted by Gasteiger charge is 2.30. The lowest BCUT2D eigenvalue weighted by atomic mass is 10.1. The van der Waals surface area contributed by atoms with Gasteiger partial charge >= 0.3 is 0 Å². The van der Waals surface area contributed by atoms with Crippen LogP contribution in [0.1, 0.15) is 49.1 Å². The molecule has 2 aromatic rings. The van der Waals surface area contributed by atoms with Gasteiger partial charge in [0, 0.05) is 6.07 Å². The number of carbonyl (C=O) groups excluding carboxylic acids is 1. The molecule has 3 rings (SSSR count). The van der Waals surface area contributed by atoms with Crippen molar-refractivity contribution in [2.24, 2.45) is 0 Å². The number of nitrogens with one attached hydrogen (secondary N) is 1. The predicted molar refractivity (Wildman–Crippen MR) is 80.1 cm³/mol. The second-order valence-corrected chi connectivity index (χ2v) is 5.80. The molecule has 22 heavy (non-hydrogen) atoms. The number of hydrogen-bond acceptors (Lipinski definition) is 5. The number of aromatic nitrogens is 1. The lowest BCUT2D eigenvalue weighted by Crippen LogP contribution is -2.37. The molecule has 0 aliphatic carbocycles. The summed E-state index contributed by atoms with van der Waals surface area (Å²) < 4.78 is 10.7. The summed E-state index contributed by atoms with van der Waals surface area (Å²) in [5.41, 5.74) is 0.873. The Balaban J connectivity index is 1.58. The third-order valence-electron chi connectivity index (χ3n) is 4.03. The van der Waals surface area contributed by atoms with Crippen LogP contribution in [0.3, 0.4) is 0 Å². The summed E-state index contributed by atoms with van der Waals surface area (Å²) in [6, 6.07) is 5.65. The topological polar surface area (TPSA) is 71.5 Å². The van der Waals surface area contributed by atoms with Crippen molar-refractivity contribution in [1.29, 1.82) is 0 Å². The zero-order chi connectivity index (χ0) is 15.5. The molecule has 1 aliphatic rings. The van der Waals surface area contributed by atoms with Crippen LogP contribution in [0.2, 0.25) is 0 Å². The first-order valence-corrected chi connectivity index (χ1v) is 7.63. The van der Waals surface area contributed by atoms with Gasteiger partial charge in [-0.3, -0.25) is 9.69 Å². The number of likely N-dealkylation sites (tertiary alicyclic amines) is 1. The van der Waals surface area contributed by atoms with Crippen LogP contribution < -0.4 is 5.32 Å². The van der Waals surface area contributed by atoms with Crippen molar-refractivity contribution in [2.45, 2.75) is 38.8 Å². The molecule has 118 valence electrons. The van der Waals surface area contributed by atoms with E-state index in [1.807, 2.05) is 32.0 Å². The van der Waals surface area contributed by atoms with Crippen molar-refractivity contribution in [1.82, 2.24) is 15.4 Å². The quantitative estimate of drug-likeness (QED) is 0.919. The summed E-state index contributed by atoms with van der Waals surface area (Å²) in [6.45, 7) is 5.07. The lowest BCUT2D eigenvalue weighted by Gasteiger charge is -2.22. The first-order chi connectivity index (χ1) is 10.6. The van der Waals surface area contributed by atoms with Crippen molar-refractivity contribution >= 4 is 5.91 Å². The van der Waals surface area contributed by atoms with E-state index in [4.69, 9.17) is 8.94 Å². The zero-order valence-electron chi connectivity index (χ0n) is 12.9. The van der Waals surface area contributed by atoms with Crippen LogP contribution in [0.5, 0.6) is 0 Å². The van der Waals surface area contributed by atoms with Crippen molar-refractivity contribution in [3.05, 3.63) is 41.7 Å². The monoisotopic (exact) mass is 303 g/mol. The fourth-order valence-corrected chi connectivity index (χ4v) is 2.96. The Labute approximate surface area is 129 Å². The zero-order valence-corrected chi connectivity index (χ0v) is 12.9. The van der Waals surface area contributed by atoms with Gasteiger partial charge in [-0.2, -0.15) is 0 Å². The standard InChI is InChI=1S/C16H21N3O3/c1-11-9-15(22-18-11)13-5-3-7-19(13)10-16(20)17-12(2)14-6-4-8-21-14/h4,6,8-9,12-13H,3,5,7,10H2,1-2H3,(H,17,20)/t12-,13-/m1/s1. The Morgan fingerprint density at radius 3 is 3.14 bits per heavy atom. The van der Waals surface area contributed by atoms with E-state index in [1.165, 1.54) is 0 Å². The molecule has 1 N–H and O–H groups in total. The molecular weight excluding hydrogens is 282 g/mol. The number of aryl methyl sites for hydroxylation is 1. The number of furan rings is 1. The maximum atomic E-state index is 12.2. The minimum atomic E-state index is -0.129. The Hall–Kier alpha value is -2.08. The van der Waals surface area contributed by atoms with Crippen LogP contribution >= 0.6 is 0 Å². The van der Waals surface area contributed by atoms with Gasteiger partial charge in [0.2, 0.25) is 5.91 Å². The van der Waals surface area contributed by atoms with Crippen molar-refractivity contribution in [3.8, 4) is 0 Å². The normalized spacial score (nSPS) is 20.2. The molecule has 1 saturated heterocycles. The largest absolute Gasteiger partial charge is 0.467 e. The number of hydrogen-bond donors (Lipinski definition) is 1. The minimum Gasteiger partial charge on any atom is -0.467 e. The predicted octanol–water partition coefficient (Wildman–Crippen LogP) is 2.59. The molecule has 0 aromatic carbocycles. The molecule has 1 amide bonds. The molecule has 6 nitrogen and oxygen atoms in total. The Bertz CT molecular complexity index is 620. The number of rotatable bonds is 5. The van der Waals surface area contributed by atoms with E-state index in [0.29, 0.717) is 6.54 Å². The van der Waals surface area contributed by atoms with Crippen molar-refractivity contribution < 1.29 is 13.7 Å². The van der Waals surface area contributed by atoms with E-state index in [-0.39, 0.29) is 18.0 Å². The van der Waals surface area contributed by atoms with Crippen molar-refractivity contribution in [2.75, 3.05) is 13.1 Å². The minimum absolute atomic E-state index is 0.00737. The second kappa shape index (κ2) is 6.36. The average molecular weight is 303 g/mol. The molecule has 3 heterocycles. The molecule has 0 bridgehead atoms. The summed E-state index contributed by atoms with van der Waals surface area (Å²) in [4.78, 5) is 14.4. The fourth-order valence-electron chi connectivity index (χ4n) is 2.96. The van der Waals surface area contributed by atoms with E-state index in [9.17, 15) is 4.79 Å². The second-order valence-electron chi connectivity index (χ2n) is 5.80. The van der Waals surface area contributed by atoms with Gasteiger partial charge in [0.05, 0.1) is 30.6 Å². The smallest absolute Gasteiger partial charge is 0.234 e. The van der Waals surface area contributed by atoms with Gasteiger partial charge in [0.1, 0.15) is 5.76 Å². The van der Waals surface area contributed by atoms with Crippen LogP contribution in [0.15, 0.2) is 33.4 Å². The first-order valence-electron chi connectivity index (χ1n) is 7.63. The van der Waals surface area contributed by atoms with E-state index < -0.39 is 0 Å². The Morgan fingerprint density at radius 2 is 2.45 bits per heavy atom. The van der Waals surface area contributed by atoms with E-state index in [1.54, 1.807) is 6.26 Å². The number of nitrogens with zero attached hydrogens (tertiary/aromatic N) is 2. The number of amides is 1. The maximum absolute atomic E-state index is 12.2. The van der Waals surface area contributed by atoms with Crippen LogP contribution in [0, 0.1) is 6.92 Å². The average Bonchev–Trinajstić information content (AvgIpc) is 3.18. The molecule has 2 aromatic heterocycles. The molecule has 1 aliphatic heterocycles.